The van der Waals surface area contributed by atoms with Crippen LogP contribution in [0.15, 0.2) is 29.2 Å². The van der Waals surface area contributed by atoms with Gasteiger partial charge in [0.2, 0.25) is 10.0 Å². The molecule has 0 aliphatic carbocycles. The lowest BCUT2D eigenvalue weighted by molar-refractivity contribution is -0.0327. The van der Waals surface area contributed by atoms with E-state index >= 15 is 0 Å². The van der Waals surface area contributed by atoms with Crippen LogP contribution in [0.5, 0.6) is 0 Å². The Kier molecular flexibility index (Phi) is 5.50. The minimum atomic E-state index is -4.35. The Hall–Kier alpha value is -0.930. The van der Waals surface area contributed by atoms with Crippen molar-refractivity contribution in [3.63, 3.8) is 0 Å². The first-order valence-corrected chi connectivity index (χ1v) is 7.70. The van der Waals surface area contributed by atoms with E-state index in [4.69, 9.17) is 0 Å². The van der Waals surface area contributed by atoms with Crippen molar-refractivity contribution in [2.24, 2.45) is 0 Å². The lowest BCUT2D eigenvalue weighted by Gasteiger charge is -2.08. The summed E-state index contributed by atoms with van der Waals surface area (Å²) in [5.41, 5.74) is -3.61. The average molecular weight is 314 g/mol. The lowest BCUT2D eigenvalue weighted by atomic mass is 10.3. The molecule has 0 unspecified atom stereocenters. The van der Waals surface area contributed by atoms with Crippen LogP contribution in [0, 0.1) is 0 Å². The molecule has 0 heterocycles. The van der Waals surface area contributed by atoms with Gasteiger partial charge in [-0.1, -0.05) is 0 Å². The van der Waals surface area contributed by atoms with Gasteiger partial charge in [-0.2, -0.15) is 13.2 Å². The number of nitrogens with one attached hydrogen (secondary N) is 2. The van der Waals surface area contributed by atoms with E-state index in [1.54, 1.807) is 19.2 Å². The third-order valence-corrected chi connectivity index (χ3v) is 4.33. The SMILES string of the molecule is CNc1ccc(S(=O)(=O)NCCSC(F)(F)F)cc1. The third-order valence-electron chi connectivity index (χ3n) is 2.11. The standard InChI is InChI=1S/C10H13F3N2O2S2/c1-14-8-2-4-9(5-3-8)19(16,17)15-6-7-18-10(11,12)13/h2-5,14-15H,6-7H2,1H3. The monoisotopic (exact) mass is 314 g/mol. The highest BCUT2D eigenvalue weighted by Crippen LogP contribution is 2.29. The molecule has 0 saturated heterocycles. The Labute approximate surface area is 113 Å². The molecular weight excluding hydrogens is 301 g/mol. The molecule has 0 radical (unpaired) electrons. The maximum Gasteiger partial charge on any atom is 0.441 e. The van der Waals surface area contributed by atoms with Crippen LogP contribution >= 0.6 is 11.8 Å². The van der Waals surface area contributed by atoms with Gasteiger partial charge < -0.3 is 5.32 Å². The van der Waals surface area contributed by atoms with Crippen LogP contribution < -0.4 is 10.0 Å². The molecule has 0 bridgehead atoms. The van der Waals surface area contributed by atoms with E-state index in [1.165, 1.54) is 12.1 Å². The highest BCUT2D eigenvalue weighted by atomic mass is 32.2. The lowest BCUT2D eigenvalue weighted by Crippen LogP contribution is -2.26. The number of hydrogen-bond acceptors (Lipinski definition) is 4. The number of hydrogen-bond donors (Lipinski definition) is 2. The highest BCUT2D eigenvalue weighted by molar-refractivity contribution is 8.00. The Morgan fingerprint density at radius 3 is 2.26 bits per heavy atom. The quantitative estimate of drug-likeness (QED) is 0.791. The second-order valence-corrected chi connectivity index (χ2v) is 6.39. The van der Waals surface area contributed by atoms with Crippen LogP contribution in [0.25, 0.3) is 0 Å². The highest BCUT2D eigenvalue weighted by Gasteiger charge is 2.27. The van der Waals surface area contributed by atoms with Gasteiger partial charge in [0.25, 0.3) is 0 Å². The van der Waals surface area contributed by atoms with Crippen molar-refractivity contribution < 1.29 is 21.6 Å². The summed E-state index contributed by atoms with van der Waals surface area (Å²) >= 11 is -0.261. The summed E-state index contributed by atoms with van der Waals surface area (Å²) in [4.78, 5) is 0.0171. The van der Waals surface area contributed by atoms with Gasteiger partial charge in [0.05, 0.1) is 4.90 Å². The van der Waals surface area contributed by atoms with Crippen molar-refractivity contribution in [3.05, 3.63) is 24.3 Å². The van der Waals surface area contributed by atoms with Crippen molar-refractivity contribution in [1.82, 2.24) is 4.72 Å². The summed E-state index contributed by atoms with van der Waals surface area (Å²) in [6, 6.07) is 5.90. The number of thioether (sulfide) groups is 1. The van der Waals surface area contributed by atoms with E-state index < -0.39 is 15.5 Å². The number of anilines is 1. The van der Waals surface area contributed by atoms with Crippen LogP contribution in [0.2, 0.25) is 0 Å². The van der Waals surface area contributed by atoms with E-state index in [2.05, 4.69) is 10.0 Å². The number of alkyl halides is 3. The van der Waals surface area contributed by atoms with Crippen molar-refractivity contribution >= 4 is 27.5 Å². The fourth-order valence-electron chi connectivity index (χ4n) is 1.23. The molecule has 0 spiro atoms. The summed E-state index contributed by atoms with van der Waals surface area (Å²) < 4.78 is 61.2. The molecule has 2 N–H and O–H groups in total. The third kappa shape index (κ3) is 5.70. The fraction of sp³-hybridized carbons (Fsp3) is 0.400. The summed E-state index contributed by atoms with van der Waals surface area (Å²) in [6.07, 6.45) is 0. The average Bonchev–Trinajstić information content (AvgIpc) is 2.34. The topological polar surface area (TPSA) is 58.2 Å². The van der Waals surface area contributed by atoms with Crippen molar-refractivity contribution in [2.45, 2.75) is 10.4 Å². The van der Waals surface area contributed by atoms with E-state index in [-0.39, 0.29) is 29.0 Å². The predicted octanol–water partition coefficient (Wildman–Crippen LogP) is 2.26. The number of halogens is 3. The molecule has 0 atom stereocenters. The van der Waals surface area contributed by atoms with Crippen molar-refractivity contribution in [2.75, 3.05) is 24.7 Å². The second-order valence-electron chi connectivity index (χ2n) is 3.47. The Balaban J connectivity index is 2.56. The molecule has 0 aliphatic rings. The maximum atomic E-state index is 11.9. The Morgan fingerprint density at radius 1 is 1.21 bits per heavy atom. The zero-order valence-electron chi connectivity index (χ0n) is 9.99. The van der Waals surface area contributed by atoms with Gasteiger partial charge in [0.1, 0.15) is 0 Å². The smallest absolute Gasteiger partial charge is 0.388 e. The molecule has 1 rings (SSSR count). The molecule has 1 aromatic carbocycles. The molecule has 19 heavy (non-hydrogen) atoms. The van der Waals surface area contributed by atoms with Crippen LogP contribution in [0.3, 0.4) is 0 Å². The molecule has 108 valence electrons. The van der Waals surface area contributed by atoms with Crippen LogP contribution in [0.4, 0.5) is 18.9 Å². The van der Waals surface area contributed by atoms with Gasteiger partial charge in [-0.25, -0.2) is 13.1 Å². The van der Waals surface area contributed by atoms with Crippen molar-refractivity contribution in [1.29, 1.82) is 0 Å². The van der Waals surface area contributed by atoms with Gasteiger partial charge in [-0.05, 0) is 36.0 Å². The van der Waals surface area contributed by atoms with Gasteiger partial charge in [-0.15, -0.1) is 0 Å². The zero-order valence-corrected chi connectivity index (χ0v) is 11.6. The van der Waals surface area contributed by atoms with Crippen LogP contribution in [-0.2, 0) is 10.0 Å². The predicted molar refractivity (Wildman–Crippen MR) is 69.7 cm³/mol. The first-order chi connectivity index (χ1) is 8.74. The number of sulfonamides is 1. The van der Waals surface area contributed by atoms with Crippen LogP contribution in [-0.4, -0.2) is 33.3 Å². The molecule has 0 fully saturated rings. The molecule has 0 aliphatic heterocycles. The molecule has 0 amide bonds. The van der Waals surface area contributed by atoms with Crippen molar-refractivity contribution in [3.8, 4) is 0 Å². The van der Waals surface area contributed by atoms with E-state index in [0.717, 1.165) is 5.69 Å². The normalized spacial score (nSPS) is 12.4. The van der Waals surface area contributed by atoms with E-state index in [0.29, 0.717) is 0 Å². The minimum absolute atomic E-state index is 0.0171. The first kappa shape index (κ1) is 16.1. The molecule has 1 aromatic rings. The summed E-state index contributed by atoms with van der Waals surface area (Å²) in [5.74, 6) is -0.364. The number of rotatable bonds is 6. The van der Waals surface area contributed by atoms with Gasteiger partial charge in [0, 0.05) is 25.0 Å². The van der Waals surface area contributed by atoms with Gasteiger partial charge in [-0.3, -0.25) is 0 Å². The zero-order chi connectivity index (χ0) is 14.5. The molecular formula is C10H13F3N2O2S2. The first-order valence-electron chi connectivity index (χ1n) is 5.23. The molecule has 9 heteroatoms. The van der Waals surface area contributed by atoms with Gasteiger partial charge in [0.15, 0.2) is 0 Å². The summed E-state index contributed by atoms with van der Waals surface area (Å²) in [6.45, 7) is -0.277. The van der Waals surface area contributed by atoms with E-state index in [9.17, 15) is 21.6 Å². The summed E-state index contributed by atoms with van der Waals surface area (Å²) in [7, 11) is -2.07. The molecule has 4 nitrogen and oxygen atoms in total. The second kappa shape index (κ2) is 6.49. The minimum Gasteiger partial charge on any atom is -0.388 e. The molecule has 0 saturated carbocycles. The Bertz CT molecular complexity index is 501. The molecule has 0 aromatic heterocycles. The largest absolute Gasteiger partial charge is 0.441 e. The Morgan fingerprint density at radius 2 is 1.79 bits per heavy atom. The number of benzene rings is 1. The fourth-order valence-corrected chi connectivity index (χ4v) is 2.82. The van der Waals surface area contributed by atoms with E-state index in [1.807, 2.05) is 0 Å². The van der Waals surface area contributed by atoms with Crippen LogP contribution in [0.1, 0.15) is 0 Å². The van der Waals surface area contributed by atoms with Gasteiger partial charge >= 0.3 is 5.51 Å². The summed E-state index contributed by atoms with van der Waals surface area (Å²) in [5, 5.41) is 2.83. The maximum absolute atomic E-state index is 11.9.